The number of nitrogens with zero attached hydrogens (tertiary/aromatic N) is 1. The Hall–Kier alpha value is -2.88. The van der Waals surface area contributed by atoms with Gasteiger partial charge >= 0.3 is 0 Å². The van der Waals surface area contributed by atoms with Gasteiger partial charge in [0.1, 0.15) is 17.8 Å². The quantitative estimate of drug-likeness (QED) is 0.599. The SMILES string of the molecule is CCCOc1ccc(Oc2ccc3cc(CC=O)ccc3n2)cc1. The molecule has 0 unspecified atom stereocenters. The summed E-state index contributed by atoms with van der Waals surface area (Å²) in [5.74, 6) is 2.08. The van der Waals surface area contributed by atoms with Crippen molar-refractivity contribution in [3.63, 3.8) is 0 Å². The van der Waals surface area contributed by atoms with Gasteiger partial charge in [-0.05, 0) is 54.4 Å². The molecule has 24 heavy (non-hydrogen) atoms. The normalized spacial score (nSPS) is 10.5. The minimum Gasteiger partial charge on any atom is -0.494 e. The molecule has 0 N–H and O–H groups in total. The molecule has 3 aromatic rings. The Kier molecular flexibility index (Phi) is 5.06. The van der Waals surface area contributed by atoms with Gasteiger partial charge in [-0.1, -0.05) is 13.0 Å². The maximum Gasteiger partial charge on any atom is 0.219 e. The number of carbonyl (C=O) groups excluding carboxylic acids is 1. The number of fused-ring (bicyclic) bond motifs is 1. The number of benzene rings is 2. The van der Waals surface area contributed by atoms with Crippen LogP contribution in [-0.2, 0) is 11.2 Å². The summed E-state index contributed by atoms with van der Waals surface area (Å²) in [6, 6.07) is 17.1. The lowest BCUT2D eigenvalue weighted by Crippen LogP contribution is -1.94. The summed E-state index contributed by atoms with van der Waals surface area (Å²) in [5, 5.41) is 0.991. The number of hydrogen-bond donors (Lipinski definition) is 0. The van der Waals surface area contributed by atoms with E-state index < -0.39 is 0 Å². The van der Waals surface area contributed by atoms with Gasteiger partial charge in [0.2, 0.25) is 5.88 Å². The highest BCUT2D eigenvalue weighted by Gasteiger charge is 2.03. The number of aldehydes is 1. The Bertz CT molecular complexity index is 828. The lowest BCUT2D eigenvalue weighted by Gasteiger charge is -2.08. The van der Waals surface area contributed by atoms with Gasteiger partial charge in [-0.15, -0.1) is 0 Å². The summed E-state index contributed by atoms with van der Waals surface area (Å²) in [6.45, 7) is 2.78. The van der Waals surface area contributed by atoms with Crippen LogP contribution in [0.2, 0.25) is 0 Å². The summed E-state index contributed by atoms with van der Waals surface area (Å²) in [7, 11) is 0. The van der Waals surface area contributed by atoms with Crippen molar-refractivity contribution in [1.82, 2.24) is 4.98 Å². The molecule has 0 radical (unpaired) electrons. The summed E-state index contributed by atoms with van der Waals surface area (Å²) in [6.07, 6.45) is 2.30. The number of aromatic nitrogens is 1. The van der Waals surface area contributed by atoms with E-state index in [0.717, 1.165) is 34.9 Å². The van der Waals surface area contributed by atoms with Crippen molar-refractivity contribution in [1.29, 1.82) is 0 Å². The van der Waals surface area contributed by atoms with E-state index >= 15 is 0 Å². The van der Waals surface area contributed by atoms with Gasteiger partial charge in [0.25, 0.3) is 0 Å². The van der Waals surface area contributed by atoms with Gasteiger partial charge in [0.05, 0.1) is 12.1 Å². The largest absolute Gasteiger partial charge is 0.494 e. The van der Waals surface area contributed by atoms with E-state index in [0.29, 0.717) is 24.7 Å². The standard InChI is InChI=1S/C20H19NO3/c1-2-13-23-17-5-7-18(8-6-17)24-20-10-4-16-14-15(11-12-22)3-9-19(16)21-20/h3-10,12,14H,2,11,13H2,1H3. The molecule has 4 heteroatoms. The smallest absolute Gasteiger partial charge is 0.219 e. The Morgan fingerprint density at radius 2 is 1.79 bits per heavy atom. The van der Waals surface area contributed by atoms with Crippen LogP contribution in [0.1, 0.15) is 18.9 Å². The molecule has 0 spiro atoms. The first kappa shape index (κ1) is 16.0. The molecule has 2 aromatic carbocycles. The van der Waals surface area contributed by atoms with Gasteiger partial charge in [-0.25, -0.2) is 4.98 Å². The summed E-state index contributed by atoms with van der Waals surface area (Å²) >= 11 is 0. The zero-order valence-electron chi connectivity index (χ0n) is 13.6. The monoisotopic (exact) mass is 321 g/mol. The molecule has 3 rings (SSSR count). The Labute approximate surface area is 141 Å². The molecular formula is C20H19NO3. The highest BCUT2D eigenvalue weighted by molar-refractivity contribution is 5.80. The number of hydrogen-bond acceptors (Lipinski definition) is 4. The van der Waals surface area contributed by atoms with Crippen LogP contribution >= 0.6 is 0 Å². The topological polar surface area (TPSA) is 48.4 Å². The lowest BCUT2D eigenvalue weighted by molar-refractivity contribution is -0.107. The number of ether oxygens (including phenoxy) is 2. The molecule has 0 atom stereocenters. The highest BCUT2D eigenvalue weighted by Crippen LogP contribution is 2.25. The predicted octanol–water partition coefficient (Wildman–Crippen LogP) is 4.56. The minimum atomic E-state index is 0.417. The molecule has 122 valence electrons. The van der Waals surface area contributed by atoms with E-state index in [-0.39, 0.29) is 0 Å². The lowest BCUT2D eigenvalue weighted by atomic mass is 10.1. The molecule has 0 aliphatic heterocycles. The molecule has 0 bridgehead atoms. The van der Waals surface area contributed by atoms with E-state index in [1.54, 1.807) is 0 Å². The summed E-state index contributed by atoms with van der Waals surface area (Å²) in [5.41, 5.74) is 1.82. The van der Waals surface area contributed by atoms with E-state index in [1.807, 2.05) is 54.6 Å². The average Bonchev–Trinajstić information content (AvgIpc) is 2.61. The van der Waals surface area contributed by atoms with Gasteiger partial charge in [0.15, 0.2) is 0 Å². The van der Waals surface area contributed by atoms with E-state index in [1.165, 1.54) is 0 Å². The number of rotatable bonds is 7. The van der Waals surface area contributed by atoms with Crippen LogP contribution in [0.15, 0.2) is 54.6 Å². The van der Waals surface area contributed by atoms with Gasteiger partial charge in [-0.3, -0.25) is 0 Å². The third-order valence-corrected chi connectivity index (χ3v) is 3.57. The zero-order chi connectivity index (χ0) is 16.8. The van der Waals surface area contributed by atoms with Crippen molar-refractivity contribution >= 4 is 17.2 Å². The van der Waals surface area contributed by atoms with Crippen molar-refractivity contribution in [2.45, 2.75) is 19.8 Å². The second kappa shape index (κ2) is 7.59. The second-order valence-electron chi connectivity index (χ2n) is 5.47. The maximum atomic E-state index is 10.6. The van der Waals surface area contributed by atoms with Crippen molar-refractivity contribution in [3.8, 4) is 17.4 Å². The predicted molar refractivity (Wildman–Crippen MR) is 93.8 cm³/mol. The van der Waals surface area contributed by atoms with Crippen LogP contribution in [0.4, 0.5) is 0 Å². The average molecular weight is 321 g/mol. The van der Waals surface area contributed by atoms with E-state index in [2.05, 4.69) is 11.9 Å². The Morgan fingerprint density at radius 1 is 1.00 bits per heavy atom. The minimum absolute atomic E-state index is 0.417. The van der Waals surface area contributed by atoms with E-state index in [9.17, 15) is 4.79 Å². The molecule has 1 heterocycles. The van der Waals surface area contributed by atoms with Crippen molar-refractivity contribution in [3.05, 3.63) is 60.2 Å². The molecule has 4 nitrogen and oxygen atoms in total. The first-order valence-corrected chi connectivity index (χ1v) is 8.02. The first-order chi connectivity index (χ1) is 11.8. The molecule has 0 saturated carbocycles. The van der Waals surface area contributed by atoms with Gasteiger partial charge in [0, 0.05) is 17.9 Å². The second-order valence-corrected chi connectivity index (χ2v) is 5.47. The molecule has 0 aliphatic rings. The fourth-order valence-corrected chi connectivity index (χ4v) is 2.38. The molecule has 0 saturated heterocycles. The Morgan fingerprint density at radius 3 is 2.54 bits per heavy atom. The number of pyridine rings is 1. The van der Waals surface area contributed by atoms with Crippen LogP contribution in [0.3, 0.4) is 0 Å². The molecule has 0 amide bonds. The van der Waals surface area contributed by atoms with Crippen LogP contribution in [0.25, 0.3) is 10.9 Å². The third kappa shape index (κ3) is 3.90. The Balaban J connectivity index is 1.75. The summed E-state index contributed by atoms with van der Waals surface area (Å²) in [4.78, 5) is 15.1. The van der Waals surface area contributed by atoms with E-state index in [4.69, 9.17) is 9.47 Å². The van der Waals surface area contributed by atoms with Crippen LogP contribution < -0.4 is 9.47 Å². The van der Waals surface area contributed by atoms with Crippen LogP contribution in [0.5, 0.6) is 17.4 Å². The number of carbonyl (C=O) groups is 1. The van der Waals surface area contributed by atoms with Gasteiger partial charge in [-0.2, -0.15) is 0 Å². The molecule has 0 fully saturated rings. The van der Waals surface area contributed by atoms with Crippen molar-refractivity contribution in [2.75, 3.05) is 6.61 Å². The molecular weight excluding hydrogens is 302 g/mol. The molecule has 0 aliphatic carbocycles. The fourth-order valence-electron chi connectivity index (χ4n) is 2.38. The van der Waals surface area contributed by atoms with Gasteiger partial charge < -0.3 is 14.3 Å². The van der Waals surface area contributed by atoms with Crippen molar-refractivity contribution in [2.24, 2.45) is 0 Å². The maximum absolute atomic E-state index is 10.6. The van der Waals surface area contributed by atoms with Crippen LogP contribution in [-0.4, -0.2) is 17.9 Å². The van der Waals surface area contributed by atoms with Crippen molar-refractivity contribution < 1.29 is 14.3 Å². The first-order valence-electron chi connectivity index (χ1n) is 8.02. The fraction of sp³-hybridized carbons (Fsp3) is 0.200. The van der Waals surface area contributed by atoms with Crippen LogP contribution in [0, 0.1) is 0 Å². The zero-order valence-corrected chi connectivity index (χ0v) is 13.6. The molecule has 1 aromatic heterocycles. The highest BCUT2D eigenvalue weighted by atomic mass is 16.5. The summed E-state index contributed by atoms with van der Waals surface area (Å²) < 4.78 is 11.4. The third-order valence-electron chi connectivity index (χ3n) is 3.57.